The highest BCUT2D eigenvalue weighted by atomic mass is 35.5. The summed E-state index contributed by atoms with van der Waals surface area (Å²) in [4.78, 5) is 4.69. The highest BCUT2D eigenvalue weighted by Gasteiger charge is 2.14. The lowest BCUT2D eigenvalue weighted by Crippen LogP contribution is -2.24. The van der Waals surface area contributed by atoms with E-state index in [1.54, 1.807) is 7.11 Å². The summed E-state index contributed by atoms with van der Waals surface area (Å²) in [5, 5.41) is 9.51. The van der Waals surface area contributed by atoms with Crippen molar-refractivity contribution in [1.82, 2.24) is 10.3 Å². The van der Waals surface area contributed by atoms with Crippen molar-refractivity contribution in [2.45, 2.75) is 12.3 Å². The smallest absolute Gasteiger partial charge is 0.131 e. The third-order valence-corrected chi connectivity index (χ3v) is 6.13. The maximum absolute atomic E-state index is 6.09. The van der Waals surface area contributed by atoms with Gasteiger partial charge in [-0.2, -0.15) is 0 Å². The summed E-state index contributed by atoms with van der Waals surface area (Å²) in [6, 6.07) is 26.1. The van der Waals surface area contributed by atoms with Crippen LogP contribution in [-0.4, -0.2) is 31.7 Å². The van der Waals surface area contributed by atoms with E-state index >= 15 is 0 Å². The van der Waals surface area contributed by atoms with Crippen LogP contribution in [0.5, 0.6) is 5.75 Å². The molecule has 0 amide bonds. The fourth-order valence-electron chi connectivity index (χ4n) is 3.90. The molecule has 170 valence electrons. The first kappa shape index (κ1) is 23.4. The molecule has 6 heteroatoms. The second-order valence-electron chi connectivity index (χ2n) is 7.87. The number of fused-ring (bicyclic) bond motifs is 1. The van der Waals surface area contributed by atoms with Crippen molar-refractivity contribution >= 4 is 39.9 Å². The first-order valence-electron chi connectivity index (χ1n) is 11.0. The monoisotopic (exact) mass is 479 g/mol. The molecule has 0 bridgehead atoms. The Hall–Kier alpha value is -2.79. The predicted octanol–water partition coefficient (Wildman–Crippen LogP) is 6.77. The Morgan fingerprint density at radius 3 is 2.12 bits per heavy atom. The third kappa shape index (κ3) is 6.17. The second kappa shape index (κ2) is 11.4. The highest BCUT2D eigenvalue weighted by molar-refractivity contribution is 6.30. The van der Waals surface area contributed by atoms with E-state index in [0.29, 0.717) is 0 Å². The van der Waals surface area contributed by atoms with Crippen molar-refractivity contribution in [1.29, 1.82) is 0 Å². The van der Waals surface area contributed by atoms with Crippen molar-refractivity contribution < 1.29 is 4.74 Å². The van der Waals surface area contributed by atoms with Crippen molar-refractivity contribution in [3.8, 4) is 5.75 Å². The number of halogens is 2. The molecule has 1 aromatic heterocycles. The largest absolute Gasteiger partial charge is 0.496 e. The van der Waals surface area contributed by atoms with Gasteiger partial charge in [-0.25, -0.2) is 4.98 Å². The average Bonchev–Trinajstić information content (AvgIpc) is 2.84. The summed E-state index contributed by atoms with van der Waals surface area (Å²) >= 11 is 12.2. The molecule has 0 unspecified atom stereocenters. The lowest BCUT2D eigenvalue weighted by atomic mass is 9.91. The van der Waals surface area contributed by atoms with Crippen LogP contribution in [0, 0.1) is 0 Å². The molecule has 0 aliphatic rings. The Balaban J connectivity index is 1.32. The van der Waals surface area contributed by atoms with Gasteiger partial charge in [0, 0.05) is 40.5 Å². The molecule has 0 atom stereocenters. The zero-order valence-corrected chi connectivity index (χ0v) is 20.0. The molecule has 0 spiro atoms. The molecular weight excluding hydrogens is 453 g/mol. The predicted molar refractivity (Wildman–Crippen MR) is 139 cm³/mol. The minimum Gasteiger partial charge on any atom is -0.496 e. The van der Waals surface area contributed by atoms with Crippen molar-refractivity contribution in [2.24, 2.45) is 0 Å². The number of aromatic nitrogens is 1. The lowest BCUT2D eigenvalue weighted by molar-refractivity contribution is 0.419. The van der Waals surface area contributed by atoms with Crippen LogP contribution in [0.3, 0.4) is 0 Å². The SMILES string of the molecule is COc1cc(NCCCNCC(c2ccc(Cl)cc2)c2ccc(Cl)cc2)nc2ccccc12. The van der Waals surface area contributed by atoms with Crippen LogP contribution in [0.4, 0.5) is 5.82 Å². The van der Waals surface area contributed by atoms with Gasteiger partial charge in [0.25, 0.3) is 0 Å². The zero-order valence-electron chi connectivity index (χ0n) is 18.5. The summed E-state index contributed by atoms with van der Waals surface area (Å²) in [6.45, 7) is 2.52. The maximum atomic E-state index is 6.09. The Kier molecular flexibility index (Phi) is 8.05. The van der Waals surface area contributed by atoms with Gasteiger partial charge in [0.1, 0.15) is 11.6 Å². The summed E-state index contributed by atoms with van der Waals surface area (Å²) < 4.78 is 5.53. The van der Waals surface area contributed by atoms with Gasteiger partial charge >= 0.3 is 0 Å². The van der Waals surface area contributed by atoms with Gasteiger partial charge in [0.05, 0.1) is 12.6 Å². The number of benzene rings is 3. The molecule has 1 heterocycles. The summed E-state index contributed by atoms with van der Waals surface area (Å²) in [5.74, 6) is 1.87. The number of methoxy groups -OCH3 is 1. The molecule has 4 nitrogen and oxygen atoms in total. The van der Waals surface area contributed by atoms with E-state index in [-0.39, 0.29) is 5.92 Å². The number of nitrogens with zero attached hydrogens (tertiary/aromatic N) is 1. The molecule has 0 aliphatic carbocycles. The maximum Gasteiger partial charge on any atom is 0.131 e. The minimum absolute atomic E-state index is 0.221. The number of nitrogens with one attached hydrogen (secondary N) is 2. The van der Waals surface area contributed by atoms with Crippen molar-refractivity contribution in [3.05, 3.63) is 100 Å². The molecule has 4 rings (SSSR count). The van der Waals surface area contributed by atoms with Crippen LogP contribution in [0.15, 0.2) is 78.9 Å². The van der Waals surface area contributed by atoms with E-state index in [2.05, 4.69) is 34.9 Å². The normalized spacial score (nSPS) is 11.2. The van der Waals surface area contributed by atoms with E-state index in [4.69, 9.17) is 32.9 Å². The van der Waals surface area contributed by atoms with Crippen LogP contribution in [0.1, 0.15) is 23.5 Å². The van der Waals surface area contributed by atoms with E-state index in [1.165, 1.54) is 11.1 Å². The number of hydrogen-bond donors (Lipinski definition) is 2. The summed E-state index contributed by atoms with van der Waals surface area (Å²) in [7, 11) is 1.69. The first-order valence-corrected chi connectivity index (χ1v) is 11.8. The van der Waals surface area contributed by atoms with Crippen LogP contribution in [-0.2, 0) is 0 Å². The van der Waals surface area contributed by atoms with Crippen molar-refractivity contribution in [3.63, 3.8) is 0 Å². The molecule has 3 aromatic carbocycles. The number of hydrogen-bond acceptors (Lipinski definition) is 4. The number of pyridine rings is 1. The third-order valence-electron chi connectivity index (χ3n) is 5.63. The number of rotatable bonds is 10. The lowest BCUT2D eigenvalue weighted by Gasteiger charge is -2.19. The molecule has 0 saturated heterocycles. The topological polar surface area (TPSA) is 46.2 Å². The van der Waals surface area contributed by atoms with Crippen molar-refractivity contribution in [2.75, 3.05) is 32.1 Å². The Bertz CT molecular complexity index is 1130. The Morgan fingerprint density at radius 2 is 1.48 bits per heavy atom. The number of ether oxygens (including phenoxy) is 1. The minimum atomic E-state index is 0.221. The van der Waals surface area contributed by atoms with Crippen LogP contribution < -0.4 is 15.4 Å². The van der Waals surface area contributed by atoms with E-state index < -0.39 is 0 Å². The summed E-state index contributed by atoms with van der Waals surface area (Å²) in [5.41, 5.74) is 3.37. The van der Waals surface area contributed by atoms with Gasteiger partial charge in [-0.3, -0.25) is 0 Å². The van der Waals surface area contributed by atoms with Gasteiger partial charge < -0.3 is 15.4 Å². The Labute approximate surface area is 204 Å². The van der Waals surface area contributed by atoms with Gasteiger partial charge in [-0.15, -0.1) is 0 Å². The molecule has 4 aromatic rings. The fourth-order valence-corrected chi connectivity index (χ4v) is 4.15. The average molecular weight is 480 g/mol. The molecule has 2 N–H and O–H groups in total. The van der Waals surface area contributed by atoms with Crippen LogP contribution in [0.25, 0.3) is 10.9 Å². The standard InChI is InChI=1S/C27H27Cl2N3O/c1-33-26-17-27(32-25-6-3-2-5-23(25)26)31-16-4-15-30-18-24(19-7-11-21(28)12-8-19)20-9-13-22(29)14-10-20/h2-3,5-14,17,24,30H,4,15-16,18H2,1H3,(H,31,32). The molecule has 0 aliphatic heterocycles. The van der Waals surface area contributed by atoms with Crippen LogP contribution >= 0.6 is 23.2 Å². The molecule has 0 radical (unpaired) electrons. The number of anilines is 1. The summed E-state index contributed by atoms with van der Waals surface area (Å²) in [6.07, 6.45) is 0.963. The fraction of sp³-hybridized carbons (Fsp3) is 0.222. The van der Waals surface area contributed by atoms with Gasteiger partial charge in [-0.1, -0.05) is 59.6 Å². The van der Waals surface area contributed by atoms with Crippen LogP contribution in [0.2, 0.25) is 10.0 Å². The number of para-hydroxylation sites is 1. The quantitative estimate of drug-likeness (QED) is 0.246. The van der Waals surface area contributed by atoms with E-state index in [0.717, 1.165) is 58.6 Å². The molecular formula is C27H27Cl2N3O. The second-order valence-corrected chi connectivity index (χ2v) is 8.74. The van der Waals surface area contributed by atoms with E-state index in [1.807, 2.05) is 54.6 Å². The van der Waals surface area contributed by atoms with Gasteiger partial charge in [-0.05, 0) is 60.5 Å². The van der Waals surface area contributed by atoms with Gasteiger partial charge in [0.15, 0.2) is 0 Å². The van der Waals surface area contributed by atoms with Gasteiger partial charge in [0.2, 0.25) is 0 Å². The molecule has 0 saturated carbocycles. The zero-order chi connectivity index (χ0) is 23.0. The molecule has 33 heavy (non-hydrogen) atoms. The van der Waals surface area contributed by atoms with E-state index in [9.17, 15) is 0 Å². The first-order chi connectivity index (χ1) is 16.1. The Morgan fingerprint density at radius 1 is 0.848 bits per heavy atom. The highest BCUT2D eigenvalue weighted by Crippen LogP contribution is 2.28. The molecule has 0 fully saturated rings.